The van der Waals surface area contributed by atoms with E-state index in [1.54, 1.807) is 12.1 Å². The van der Waals surface area contributed by atoms with Gasteiger partial charge in [0.25, 0.3) is 5.91 Å². The van der Waals surface area contributed by atoms with Crippen LogP contribution in [0.2, 0.25) is 0 Å². The third-order valence-electron chi connectivity index (χ3n) is 5.51. The second-order valence-corrected chi connectivity index (χ2v) is 7.98. The van der Waals surface area contributed by atoms with Crippen LogP contribution in [-0.2, 0) is 0 Å². The number of fused-ring (bicyclic) bond motifs is 2. The predicted molar refractivity (Wildman–Crippen MR) is 110 cm³/mol. The lowest BCUT2D eigenvalue weighted by Gasteiger charge is -2.45. The fraction of sp³-hybridized carbons (Fsp3) is 0.600. The average Bonchev–Trinajstić information content (AvgIpc) is 2.55. The molecule has 2 saturated carbocycles. The first kappa shape index (κ1) is 21.5. The number of urea groups is 1. The van der Waals surface area contributed by atoms with Crippen LogP contribution in [0, 0.1) is 11.8 Å². The summed E-state index contributed by atoms with van der Waals surface area (Å²) in [5.41, 5.74) is 7.21. The molecule has 0 aromatic heterocycles. The minimum Gasteiger partial charge on any atom is -0.349 e. The van der Waals surface area contributed by atoms with E-state index in [1.165, 1.54) is 6.42 Å². The maximum absolute atomic E-state index is 12.9. The molecule has 5 N–H and O–H groups in total. The Kier molecular flexibility index (Phi) is 7.50. The van der Waals surface area contributed by atoms with Gasteiger partial charge in [-0.2, -0.15) is 0 Å². The number of rotatable bonds is 4. The van der Waals surface area contributed by atoms with Crippen LogP contribution in [-0.4, -0.2) is 30.1 Å². The van der Waals surface area contributed by atoms with Crippen LogP contribution < -0.4 is 21.7 Å². The van der Waals surface area contributed by atoms with Crippen molar-refractivity contribution in [3.63, 3.8) is 0 Å². The van der Waals surface area contributed by atoms with Crippen molar-refractivity contribution in [2.45, 2.75) is 64.1 Å². The third kappa shape index (κ3) is 5.36. The van der Waals surface area contributed by atoms with E-state index in [0.717, 1.165) is 25.7 Å². The molecule has 27 heavy (non-hydrogen) atoms. The van der Waals surface area contributed by atoms with Gasteiger partial charge in [0, 0.05) is 18.1 Å². The van der Waals surface area contributed by atoms with Gasteiger partial charge in [0.2, 0.25) is 0 Å². The zero-order chi connectivity index (χ0) is 18.7. The van der Waals surface area contributed by atoms with E-state index in [9.17, 15) is 9.59 Å². The molecule has 0 saturated heterocycles. The van der Waals surface area contributed by atoms with Gasteiger partial charge in [0.05, 0.1) is 11.3 Å². The lowest BCUT2D eigenvalue weighted by atomic mass is 9.67. The number of carbonyl (C=O) groups is 2. The highest BCUT2D eigenvalue weighted by molar-refractivity contribution is 6.03. The van der Waals surface area contributed by atoms with Crippen molar-refractivity contribution in [3.05, 3.63) is 29.8 Å². The number of hydrogen-bond donors (Lipinski definition) is 4. The number of nitrogens with one attached hydrogen (secondary N) is 3. The highest BCUT2D eigenvalue weighted by Crippen LogP contribution is 2.39. The van der Waals surface area contributed by atoms with E-state index >= 15 is 0 Å². The van der Waals surface area contributed by atoms with Crippen molar-refractivity contribution in [3.8, 4) is 0 Å². The van der Waals surface area contributed by atoms with Crippen LogP contribution in [0.1, 0.15) is 56.3 Å². The number of benzene rings is 1. The van der Waals surface area contributed by atoms with Gasteiger partial charge in [-0.3, -0.25) is 4.79 Å². The summed E-state index contributed by atoms with van der Waals surface area (Å²) in [7, 11) is 0. The number of anilines is 1. The van der Waals surface area contributed by atoms with E-state index in [0.29, 0.717) is 23.1 Å². The molecule has 1 aromatic rings. The first-order valence-corrected chi connectivity index (χ1v) is 9.67. The fourth-order valence-electron chi connectivity index (χ4n) is 4.46. The number of halogens is 1. The summed E-state index contributed by atoms with van der Waals surface area (Å²) >= 11 is 0. The second kappa shape index (κ2) is 9.42. The summed E-state index contributed by atoms with van der Waals surface area (Å²) in [6.07, 6.45) is 5.45. The minimum absolute atomic E-state index is 0. The zero-order valence-electron chi connectivity index (χ0n) is 16.0. The summed E-state index contributed by atoms with van der Waals surface area (Å²) in [4.78, 5) is 25.0. The van der Waals surface area contributed by atoms with Crippen LogP contribution in [0.15, 0.2) is 24.3 Å². The number of para-hydroxylation sites is 1. The molecule has 2 atom stereocenters. The second-order valence-electron chi connectivity index (χ2n) is 7.98. The number of hydrogen-bond acceptors (Lipinski definition) is 3. The van der Waals surface area contributed by atoms with Gasteiger partial charge in [-0.1, -0.05) is 18.6 Å². The summed E-state index contributed by atoms with van der Waals surface area (Å²) in [6.45, 7) is 3.79. The maximum atomic E-state index is 12.9. The molecule has 1 aromatic carbocycles. The monoisotopic (exact) mass is 394 g/mol. The van der Waals surface area contributed by atoms with Crippen molar-refractivity contribution in [1.82, 2.24) is 10.6 Å². The third-order valence-corrected chi connectivity index (χ3v) is 5.51. The molecular formula is C20H31ClN4O2. The van der Waals surface area contributed by atoms with Gasteiger partial charge in [-0.25, -0.2) is 4.79 Å². The predicted octanol–water partition coefficient (Wildman–Crippen LogP) is 3.27. The van der Waals surface area contributed by atoms with E-state index < -0.39 is 0 Å². The zero-order valence-corrected chi connectivity index (χ0v) is 16.9. The van der Waals surface area contributed by atoms with Gasteiger partial charge < -0.3 is 21.7 Å². The minimum atomic E-state index is -0.305. The molecule has 2 fully saturated rings. The molecule has 2 unspecified atom stereocenters. The standard InChI is InChI=1S/C20H30N4O2.ClH/c1-12(2)22-20(26)23-17-9-4-3-8-16(17)19(25)24-18-13-6-5-7-14(18)11-15(21)10-13;/h3-4,8-9,12-15,18H,5-7,10-11,21H2,1-2H3,(H,24,25)(H2,22,23,26);1H. The van der Waals surface area contributed by atoms with Gasteiger partial charge in [-0.15, -0.1) is 12.4 Å². The molecule has 150 valence electrons. The molecule has 2 aliphatic rings. The summed E-state index contributed by atoms with van der Waals surface area (Å²) in [6, 6.07) is 7.31. The fourth-order valence-corrected chi connectivity index (χ4v) is 4.46. The Morgan fingerprint density at radius 3 is 2.37 bits per heavy atom. The normalized spacial score (nSPS) is 26.7. The van der Waals surface area contributed by atoms with Crippen LogP contribution in [0.5, 0.6) is 0 Å². The SMILES string of the molecule is CC(C)NC(=O)Nc1ccccc1C(=O)NC1C2CCCC1CC(N)C2.Cl. The van der Waals surface area contributed by atoms with Crippen molar-refractivity contribution in [1.29, 1.82) is 0 Å². The lowest BCUT2D eigenvalue weighted by Crippen LogP contribution is -2.53. The molecule has 3 rings (SSSR count). The smallest absolute Gasteiger partial charge is 0.319 e. The Balaban J connectivity index is 0.00000261. The molecule has 6 nitrogen and oxygen atoms in total. The molecule has 0 radical (unpaired) electrons. The lowest BCUT2D eigenvalue weighted by molar-refractivity contribution is 0.0757. The van der Waals surface area contributed by atoms with E-state index in [2.05, 4.69) is 16.0 Å². The topological polar surface area (TPSA) is 96.2 Å². The first-order chi connectivity index (χ1) is 12.4. The van der Waals surface area contributed by atoms with Crippen LogP contribution in [0.4, 0.5) is 10.5 Å². The summed E-state index contributed by atoms with van der Waals surface area (Å²) in [5.74, 6) is 0.805. The summed E-state index contributed by atoms with van der Waals surface area (Å²) in [5, 5.41) is 8.81. The van der Waals surface area contributed by atoms with Gasteiger partial charge >= 0.3 is 6.03 Å². The largest absolute Gasteiger partial charge is 0.349 e. The number of nitrogens with two attached hydrogens (primary N) is 1. The number of amides is 3. The van der Waals surface area contributed by atoms with Gasteiger partial charge in [0.15, 0.2) is 0 Å². The Morgan fingerprint density at radius 2 is 1.74 bits per heavy atom. The van der Waals surface area contributed by atoms with Crippen molar-refractivity contribution >= 4 is 30.0 Å². The summed E-state index contributed by atoms with van der Waals surface area (Å²) < 4.78 is 0. The van der Waals surface area contributed by atoms with Gasteiger partial charge in [-0.05, 0) is 63.5 Å². The highest BCUT2D eigenvalue weighted by Gasteiger charge is 2.40. The Morgan fingerprint density at radius 1 is 1.11 bits per heavy atom. The first-order valence-electron chi connectivity index (χ1n) is 9.67. The Hall–Kier alpha value is -1.79. The average molecular weight is 395 g/mol. The quantitative estimate of drug-likeness (QED) is 0.631. The Labute approximate surface area is 167 Å². The molecule has 2 aliphatic carbocycles. The highest BCUT2D eigenvalue weighted by atomic mass is 35.5. The van der Waals surface area contributed by atoms with E-state index in [4.69, 9.17) is 5.73 Å². The molecule has 7 heteroatoms. The molecular weight excluding hydrogens is 364 g/mol. The molecule has 0 spiro atoms. The molecule has 3 amide bonds. The number of carbonyl (C=O) groups excluding carboxylic acids is 2. The van der Waals surface area contributed by atoms with Gasteiger partial charge in [0.1, 0.15) is 0 Å². The van der Waals surface area contributed by atoms with Crippen LogP contribution in [0.3, 0.4) is 0 Å². The molecule has 0 heterocycles. The van der Waals surface area contributed by atoms with Crippen LogP contribution >= 0.6 is 12.4 Å². The van der Waals surface area contributed by atoms with E-state index in [1.807, 2.05) is 26.0 Å². The van der Waals surface area contributed by atoms with Crippen LogP contribution in [0.25, 0.3) is 0 Å². The molecule has 0 aliphatic heterocycles. The maximum Gasteiger partial charge on any atom is 0.319 e. The molecule has 2 bridgehead atoms. The van der Waals surface area contributed by atoms with E-state index in [-0.39, 0.29) is 42.5 Å². The van der Waals surface area contributed by atoms with Crippen molar-refractivity contribution in [2.75, 3.05) is 5.32 Å². The van der Waals surface area contributed by atoms with Crippen molar-refractivity contribution < 1.29 is 9.59 Å². The Bertz CT molecular complexity index is 653. The van der Waals surface area contributed by atoms with Crippen molar-refractivity contribution in [2.24, 2.45) is 17.6 Å².